The quantitative estimate of drug-likeness (QED) is 0.751. The van der Waals surface area contributed by atoms with Gasteiger partial charge in [0.15, 0.2) is 6.61 Å². The molecule has 2 aromatic rings. The molecule has 128 valence electrons. The Labute approximate surface area is 155 Å². The van der Waals surface area contributed by atoms with E-state index < -0.39 is 0 Å². The van der Waals surface area contributed by atoms with Crippen molar-refractivity contribution in [3.63, 3.8) is 0 Å². The molecule has 1 N–H and O–H groups in total. The van der Waals surface area contributed by atoms with Gasteiger partial charge in [-0.05, 0) is 43.9 Å². The maximum atomic E-state index is 12.0. The van der Waals surface area contributed by atoms with Gasteiger partial charge in [0, 0.05) is 16.0 Å². The molecular formula is C18H20BrClN2O2. The molecule has 0 heterocycles. The number of ether oxygens (including phenoxy) is 1. The third kappa shape index (κ3) is 5.51. The highest BCUT2D eigenvalue weighted by atomic mass is 79.9. The summed E-state index contributed by atoms with van der Waals surface area (Å²) in [4.78, 5) is 14.1. The highest BCUT2D eigenvalue weighted by molar-refractivity contribution is 9.10. The van der Waals surface area contributed by atoms with E-state index in [4.69, 9.17) is 16.3 Å². The Bertz CT molecular complexity index is 694. The van der Waals surface area contributed by atoms with Gasteiger partial charge in [0.05, 0.1) is 6.04 Å². The molecule has 0 radical (unpaired) electrons. The van der Waals surface area contributed by atoms with Crippen LogP contribution in [0.3, 0.4) is 0 Å². The van der Waals surface area contributed by atoms with Crippen molar-refractivity contribution < 1.29 is 9.53 Å². The third-order valence-electron chi connectivity index (χ3n) is 3.55. The Morgan fingerprint density at radius 1 is 1.25 bits per heavy atom. The van der Waals surface area contributed by atoms with Crippen LogP contribution in [0.15, 0.2) is 53.0 Å². The van der Waals surface area contributed by atoms with Crippen molar-refractivity contribution in [3.05, 3.63) is 63.6 Å². The van der Waals surface area contributed by atoms with Crippen LogP contribution in [-0.4, -0.2) is 38.1 Å². The SMILES string of the molecule is CN(C)C(CNC(=O)COc1cccc(Br)c1)c1ccccc1Cl. The smallest absolute Gasteiger partial charge is 0.258 e. The van der Waals surface area contributed by atoms with Gasteiger partial charge in [0.1, 0.15) is 5.75 Å². The average Bonchev–Trinajstić information content (AvgIpc) is 2.54. The Morgan fingerprint density at radius 3 is 2.67 bits per heavy atom. The second-order valence-electron chi connectivity index (χ2n) is 5.55. The first-order chi connectivity index (χ1) is 11.5. The van der Waals surface area contributed by atoms with Gasteiger partial charge >= 0.3 is 0 Å². The van der Waals surface area contributed by atoms with Gasteiger partial charge in [-0.1, -0.05) is 51.8 Å². The van der Waals surface area contributed by atoms with E-state index in [2.05, 4.69) is 21.2 Å². The first kappa shape index (κ1) is 18.8. The summed E-state index contributed by atoms with van der Waals surface area (Å²) in [5, 5.41) is 3.59. The summed E-state index contributed by atoms with van der Waals surface area (Å²) < 4.78 is 6.40. The van der Waals surface area contributed by atoms with E-state index in [0.29, 0.717) is 17.3 Å². The summed E-state index contributed by atoms with van der Waals surface area (Å²) in [6, 6.07) is 15.0. The summed E-state index contributed by atoms with van der Waals surface area (Å²) in [5.74, 6) is 0.476. The molecule has 0 aliphatic carbocycles. The second-order valence-corrected chi connectivity index (χ2v) is 6.87. The molecule has 0 fully saturated rings. The van der Waals surface area contributed by atoms with Crippen LogP contribution >= 0.6 is 27.5 Å². The van der Waals surface area contributed by atoms with Crippen LogP contribution in [-0.2, 0) is 4.79 Å². The van der Waals surface area contributed by atoms with Crippen LogP contribution in [0.25, 0.3) is 0 Å². The lowest BCUT2D eigenvalue weighted by Crippen LogP contribution is -2.37. The molecule has 1 unspecified atom stereocenters. The largest absolute Gasteiger partial charge is 0.484 e. The van der Waals surface area contributed by atoms with Gasteiger partial charge in [0.25, 0.3) is 5.91 Å². The van der Waals surface area contributed by atoms with Gasteiger partial charge in [-0.25, -0.2) is 0 Å². The number of likely N-dealkylation sites (N-methyl/N-ethyl adjacent to an activating group) is 1. The minimum absolute atomic E-state index is 0.00600. The normalized spacial score (nSPS) is 12.0. The number of hydrogen-bond acceptors (Lipinski definition) is 3. The summed E-state index contributed by atoms with van der Waals surface area (Å²) in [5.41, 5.74) is 0.984. The summed E-state index contributed by atoms with van der Waals surface area (Å²) in [6.07, 6.45) is 0. The summed E-state index contributed by atoms with van der Waals surface area (Å²) in [7, 11) is 3.91. The highest BCUT2D eigenvalue weighted by Gasteiger charge is 2.17. The molecule has 0 saturated carbocycles. The van der Waals surface area contributed by atoms with Crippen molar-refractivity contribution in [2.75, 3.05) is 27.2 Å². The fraction of sp³-hybridized carbons (Fsp3) is 0.278. The van der Waals surface area contributed by atoms with E-state index in [-0.39, 0.29) is 18.6 Å². The second kappa shape index (κ2) is 9.06. The molecule has 24 heavy (non-hydrogen) atoms. The zero-order valence-electron chi connectivity index (χ0n) is 13.6. The standard InChI is InChI=1S/C18H20BrClN2O2/c1-22(2)17(15-8-3-4-9-16(15)20)11-21-18(23)12-24-14-7-5-6-13(19)10-14/h3-10,17H,11-12H2,1-2H3,(H,21,23). The van der Waals surface area contributed by atoms with Gasteiger partial charge < -0.3 is 15.0 Å². The van der Waals surface area contributed by atoms with Crippen LogP contribution in [0.2, 0.25) is 5.02 Å². The van der Waals surface area contributed by atoms with Crippen LogP contribution in [0, 0.1) is 0 Å². The number of hydrogen-bond donors (Lipinski definition) is 1. The van der Waals surface area contributed by atoms with E-state index in [9.17, 15) is 4.79 Å². The van der Waals surface area contributed by atoms with Crippen molar-refractivity contribution in [3.8, 4) is 5.75 Å². The molecule has 2 aromatic carbocycles. The van der Waals surface area contributed by atoms with Crippen LogP contribution in [0.1, 0.15) is 11.6 Å². The summed E-state index contributed by atoms with van der Waals surface area (Å²) >= 11 is 9.63. The van der Waals surface area contributed by atoms with E-state index in [1.165, 1.54) is 0 Å². The van der Waals surface area contributed by atoms with E-state index in [1.807, 2.05) is 67.5 Å². The van der Waals surface area contributed by atoms with Gasteiger partial charge in [-0.3, -0.25) is 4.79 Å². The zero-order valence-corrected chi connectivity index (χ0v) is 16.0. The maximum Gasteiger partial charge on any atom is 0.258 e. The van der Waals surface area contributed by atoms with Gasteiger partial charge in [-0.15, -0.1) is 0 Å². The number of nitrogens with one attached hydrogen (secondary N) is 1. The topological polar surface area (TPSA) is 41.6 Å². The van der Waals surface area contributed by atoms with Crippen LogP contribution in [0.5, 0.6) is 5.75 Å². The van der Waals surface area contributed by atoms with Crippen molar-refractivity contribution >= 4 is 33.4 Å². The molecule has 4 nitrogen and oxygen atoms in total. The fourth-order valence-electron chi connectivity index (χ4n) is 2.28. The lowest BCUT2D eigenvalue weighted by atomic mass is 10.1. The molecule has 2 rings (SSSR count). The summed E-state index contributed by atoms with van der Waals surface area (Å²) in [6.45, 7) is 0.427. The molecule has 0 saturated heterocycles. The van der Waals surface area contributed by atoms with E-state index in [0.717, 1.165) is 10.0 Å². The minimum Gasteiger partial charge on any atom is -0.484 e. The molecule has 0 aliphatic rings. The third-order valence-corrected chi connectivity index (χ3v) is 4.38. The number of rotatable bonds is 7. The molecular weight excluding hydrogens is 392 g/mol. The van der Waals surface area contributed by atoms with Crippen molar-refractivity contribution in [1.82, 2.24) is 10.2 Å². The lowest BCUT2D eigenvalue weighted by Gasteiger charge is -2.26. The number of benzene rings is 2. The van der Waals surface area contributed by atoms with E-state index >= 15 is 0 Å². The molecule has 6 heteroatoms. The molecule has 1 amide bonds. The predicted molar refractivity (Wildman–Crippen MR) is 101 cm³/mol. The Kier molecular flexibility index (Phi) is 7.09. The first-order valence-corrected chi connectivity index (χ1v) is 8.70. The number of amides is 1. The number of nitrogens with zero attached hydrogens (tertiary/aromatic N) is 1. The molecule has 0 spiro atoms. The van der Waals surface area contributed by atoms with Crippen LogP contribution in [0.4, 0.5) is 0 Å². The Morgan fingerprint density at radius 2 is 2.00 bits per heavy atom. The van der Waals surface area contributed by atoms with Crippen molar-refractivity contribution in [2.24, 2.45) is 0 Å². The zero-order chi connectivity index (χ0) is 17.5. The van der Waals surface area contributed by atoms with Crippen LogP contribution < -0.4 is 10.1 Å². The first-order valence-electron chi connectivity index (χ1n) is 7.53. The molecule has 0 aliphatic heterocycles. The highest BCUT2D eigenvalue weighted by Crippen LogP contribution is 2.25. The molecule has 1 atom stereocenters. The fourth-order valence-corrected chi connectivity index (χ4v) is 2.92. The Hall–Kier alpha value is -1.56. The maximum absolute atomic E-state index is 12.0. The van der Waals surface area contributed by atoms with Gasteiger partial charge in [-0.2, -0.15) is 0 Å². The molecule has 0 bridgehead atoms. The minimum atomic E-state index is -0.172. The number of carbonyl (C=O) groups is 1. The monoisotopic (exact) mass is 410 g/mol. The number of carbonyl (C=O) groups excluding carboxylic acids is 1. The lowest BCUT2D eigenvalue weighted by molar-refractivity contribution is -0.123. The molecule has 0 aromatic heterocycles. The number of halogens is 2. The average molecular weight is 412 g/mol. The van der Waals surface area contributed by atoms with Crippen molar-refractivity contribution in [2.45, 2.75) is 6.04 Å². The van der Waals surface area contributed by atoms with Crippen molar-refractivity contribution in [1.29, 1.82) is 0 Å². The predicted octanol–water partition coefficient (Wildman–Crippen LogP) is 3.90. The van der Waals surface area contributed by atoms with E-state index in [1.54, 1.807) is 0 Å². The Balaban J connectivity index is 1.90. The van der Waals surface area contributed by atoms with Gasteiger partial charge in [0.2, 0.25) is 0 Å².